The Morgan fingerprint density at radius 2 is 1.74 bits per heavy atom. The number of allylic oxidation sites excluding steroid dienone is 4. The van der Waals surface area contributed by atoms with Gasteiger partial charge in [0.1, 0.15) is 7.05 Å². The number of rotatable bonds is 9. The third kappa shape index (κ3) is 7.15. The Bertz CT molecular complexity index is 345. The number of hydrogen-bond donors (Lipinski definition) is 0. The van der Waals surface area contributed by atoms with Crippen LogP contribution >= 0.6 is 0 Å². The second kappa shape index (κ2) is 10.8. The van der Waals surface area contributed by atoms with Crippen molar-refractivity contribution in [3.8, 4) is 0 Å². The molecule has 0 saturated heterocycles. The van der Waals surface area contributed by atoms with Crippen molar-refractivity contribution in [2.24, 2.45) is 5.92 Å². The molecule has 0 aromatic rings. The van der Waals surface area contributed by atoms with Crippen LogP contribution in [-0.2, 0) is 0 Å². The van der Waals surface area contributed by atoms with Crippen molar-refractivity contribution in [1.29, 1.82) is 0 Å². The summed E-state index contributed by atoms with van der Waals surface area (Å²) in [5, 5.41) is 0. The molecule has 0 aliphatic heterocycles. The molecule has 0 bridgehead atoms. The Morgan fingerprint density at radius 1 is 1.11 bits per heavy atom. The van der Waals surface area contributed by atoms with Gasteiger partial charge in [0.15, 0.2) is 11.4 Å². The highest BCUT2D eigenvalue weighted by Crippen LogP contribution is 2.19. The van der Waals surface area contributed by atoms with Crippen molar-refractivity contribution in [1.82, 2.24) is 0 Å². The fourth-order valence-corrected chi connectivity index (χ4v) is 1.97. The molecule has 0 heterocycles. The molecule has 1 heteroatoms. The molecule has 1 atom stereocenters. The largest absolute Gasteiger partial charge is 0.207 e. The van der Waals surface area contributed by atoms with E-state index in [-0.39, 0.29) is 0 Å². The van der Waals surface area contributed by atoms with Crippen LogP contribution in [0.1, 0.15) is 59.8 Å². The molecule has 1 nitrogen and oxygen atoms in total. The monoisotopic (exact) mass is 262 g/mol. The second-order valence-corrected chi connectivity index (χ2v) is 5.04. The van der Waals surface area contributed by atoms with Gasteiger partial charge in [-0.25, -0.2) is 4.58 Å². The lowest BCUT2D eigenvalue weighted by molar-refractivity contribution is -0.451. The first kappa shape index (κ1) is 17.9. The van der Waals surface area contributed by atoms with Crippen LogP contribution in [0, 0.1) is 5.92 Å². The van der Waals surface area contributed by atoms with Crippen LogP contribution in [0.3, 0.4) is 0 Å². The first-order valence-electron chi connectivity index (χ1n) is 7.64. The van der Waals surface area contributed by atoms with Crippen LogP contribution in [0.2, 0.25) is 0 Å². The lowest BCUT2D eigenvalue weighted by atomic mass is 9.98. The highest BCUT2D eigenvalue weighted by Gasteiger charge is 2.18. The van der Waals surface area contributed by atoms with Crippen LogP contribution in [0.25, 0.3) is 0 Å². The van der Waals surface area contributed by atoms with Gasteiger partial charge in [-0.15, -0.1) is 0 Å². The van der Waals surface area contributed by atoms with Crippen molar-refractivity contribution < 1.29 is 4.58 Å². The fraction of sp³-hybridized carbons (Fsp3) is 0.611. The van der Waals surface area contributed by atoms with E-state index in [0.29, 0.717) is 5.92 Å². The van der Waals surface area contributed by atoms with Crippen LogP contribution in [-0.4, -0.2) is 17.3 Å². The van der Waals surface area contributed by atoms with Crippen molar-refractivity contribution in [3.63, 3.8) is 0 Å². The molecule has 0 aliphatic carbocycles. The molecule has 0 saturated carbocycles. The Labute approximate surface area is 120 Å². The molecule has 19 heavy (non-hydrogen) atoms. The molecule has 0 amide bonds. The molecule has 0 aromatic heterocycles. The van der Waals surface area contributed by atoms with Gasteiger partial charge >= 0.3 is 0 Å². The molecule has 0 spiro atoms. The fourth-order valence-electron chi connectivity index (χ4n) is 1.97. The van der Waals surface area contributed by atoms with Crippen molar-refractivity contribution in [2.45, 2.75) is 59.8 Å². The molecule has 108 valence electrons. The zero-order valence-electron chi connectivity index (χ0n) is 13.6. The minimum atomic E-state index is 0.452. The van der Waals surface area contributed by atoms with Crippen LogP contribution < -0.4 is 0 Å². The quantitative estimate of drug-likeness (QED) is 0.300. The van der Waals surface area contributed by atoms with E-state index >= 15 is 0 Å². The van der Waals surface area contributed by atoms with E-state index in [9.17, 15) is 0 Å². The summed E-state index contributed by atoms with van der Waals surface area (Å²) >= 11 is 0. The maximum absolute atomic E-state index is 4.31. The molecule has 0 radical (unpaired) electrons. The lowest BCUT2D eigenvalue weighted by Gasteiger charge is -2.12. The normalized spacial score (nSPS) is 15.0. The number of nitrogens with zero attached hydrogens (tertiary/aromatic N) is 1. The lowest BCUT2D eigenvalue weighted by Crippen LogP contribution is -2.18. The molecular formula is C18H32N+. The molecule has 1 unspecified atom stereocenters. The zero-order valence-corrected chi connectivity index (χ0v) is 13.6. The van der Waals surface area contributed by atoms with E-state index in [2.05, 4.69) is 70.2 Å². The first-order valence-corrected chi connectivity index (χ1v) is 7.64. The smallest absolute Gasteiger partial charge is 0.180 e. The zero-order chi connectivity index (χ0) is 14.7. The summed E-state index contributed by atoms with van der Waals surface area (Å²) in [4.78, 5) is 0. The summed E-state index contributed by atoms with van der Waals surface area (Å²) in [6, 6.07) is 0. The summed E-state index contributed by atoms with van der Waals surface area (Å²) in [5.41, 5.74) is 2.60. The summed E-state index contributed by atoms with van der Waals surface area (Å²) in [6.45, 7) is 13.0. The molecule has 0 aromatic carbocycles. The van der Waals surface area contributed by atoms with Gasteiger partial charge in [-0.2, -0.15) is 0 Å². The van der Waals surface area contributed by atoms with Gasteiger partial charge in [0, 0.05) is 13.3 Å². The van der Waals surface area contributed by atoms with Crippen molar-refractivity contribution in [2.75, 3.05) is 7.05 Å². The van der Waals surface area contributed by atoms with E-state index in [1.54, 1.807) is 0 Å². The van der Waals surface area contributed by atoms with Crippen LogP contribution in [0.5, 0.6) is 0 Å². The van der Waals surface area contributed by atoms with Gasteiger partial charge in [-0.05, 0) is 32.3 Å². The topological polar surface area (TPSA) is 3.01 Å². The predicted molar refractivity (Wildman–Crippen MR) is 87.9 cm³/mol. The second-order valence-electron chi connectivity index (χ2n) is 5.04. The summed E-state index contributed by atoms with van der Waals surface area (Å²) < 4.78 is 2.26. The minimum absolute atomic E-state index is 0.452. The van der Waals surface area contributed by atoms with Gasteiger partial charge in [0.25, 0.3) is 0 Å². The van der Waals surface area contributed by atoms with Crippen LogP contribution in [0.15, 0.2) is 36.6 Å². The maximum atomic E-state index is 4.31. The van der Waals surface area contributed by atoms with Gasteiger partial charge in [0.2, 0.25) is 0 Å². The summed E-state index contributed by atoms with van der Waals surface area (Å²) in [5.74, 6) is 0.452. The van der Waals surface area contributed by atoms with E-state index in [4.69, 9.17) is 0 Å². The highest BCUT2D eigenvalue weighted by molar-refractivity contribution is 5.76. The third-order valence-corrected chi connectivity index (χ3v) is 3.59. The van der Waals surface area contributed by atoms with Gasteiger partial charge in [0.05, 0.1) is 5.92 Å². The Morgan fingerprint density at radius 3 is 2.26 bits per heavy atom. The Kier molecular flexibility index (Phi) is 10.1. The molecule has 0 aliphatic rings. The molecular weight excluding hydrogens is 230 g/mol. The molecule has 0 N–H and O–H groups in total. The highest BCUT2D eigenvalue weighted by atomic mass is 15.0. The van der Waals surface area contributed by atoms with Crippen molar-refractivity contribution >= 4 is 5.71 Å². The van der Waals surface area contributed by atoms with E-state index in [1.807, 2.05) is 0 Å². The van der Waals surface area contributed by atoms with Gasteiger partial charge < -0.3 is 0 Å². The Hall–Kier alpha value is -1.11. The SMILES string of the molecule is C=C(C(C=CCC)CCC=CCC)[N+](C)=C(C)CC. The average molecular weight is 262 g/mol. The third-order valence-electron chi connectivity index (χ3n) is 3.59. The van der Waals surface area contributed by atoms with E-state index in [0.717, 1.165) is 32.1 Å². The Balaban J connectivity index is 4.79. The first-order chi connectivity index (χ1) is 9.08. The van der Waals surface area contributed by atoms with Gasteiger partial charge in [-0.1, -0.05) is 45.1 Å². The van der Waals surface area contributed by atoms with Gasteiger partial charge in [-0.3, -0.25) is 0 Å². The molecule has 0 rings (SSSR count). The van der Waals surface area contributed by atoms with E-state index in [1.165, 1.54) is 11.4 Å². The van der Waals surface area contributed by atoms with Crippen molar-refractivity contribution in [3.05, 3.63) is 36.6 Å². The maximum Gasteiger partial charge on any atom is 0.180 e. The molecule has 0 fully saturated rings. The van der Waals surface area contributed by atoms with E-state index < -0.39 is 0 Å². The average Bonchev–Trinajstić information content (AvgIpc) is 2.44. The number of hydrogen-bond acceptors (Lipinski definition) is 0. The summed E-state index contributed by atoms with van der Waals surface area (Å²) in [7, 11) is 2.13. The van der Waals surface area contributed by atoms with Crippen LogP contribution in [0.4, 0.5) is 0 Å². The minimum Gasteiger partial charge on any atom is -0.207 e. The predicted octanol–water partition coefficient (Wildman–Crippen LogP) is 5.34. The standard InChI is InChI=1S/C18H32N/c1-7-10-12-13-15-18(14-11-8-2)17(5)19(6)16(4)9-3/h10-12,14,18H,5,7-9,13,15H2,1-4,6H3/q+1. The summed E-state index contributed by atoms with van der Waals surface area (Å²) in [6.07, 6.45) is 14.7.